The van der Waals surface area contributed by atoms with Gasteiger partial charge in [-0.1, -0.05) is 12.1 Å². The average molecular weight is 249 g/mol. The second-order valence-corrected chi connectivity index (χ2v) is 4.56. The van der Waals surface area contributed by atoms with E-state index in [4.69, 9.17) is 5.73 Å². The summed E-state index contributed by atoms with van der Waals surface area (Å²) in [5.74, 6) is -0.526. The lowest BCUT2D eigenvalue weighted by Gasteiger charge is -2.24. The molecule has 2 amide bonds. The van der Waals surface area contributed by atoms with Crippen LogP contribution in [0.2, 0.25) is 0 Å². The van der Waals surface area contributed by atoms with Gasteiger partial charge in [0.1, 0.15) is 5.54 Å². The lowest BCUT2D eigenvalue weighted by Crippen LogP contribution is -2.53. The molecule has 0 atom stereocenters. The summed E-state index contributed by atoms with van der Waals surface area (Å²) in [5.41, 5.74) is 6.00. The maximum Gasteiger partial charge on any atom is 0.252 e. The molecule has 5 nitrogen and oxygen atoms in total. The molecule has 0 saturated heterocycles. The number of nitrogens with one attached hydrogen (secondary N) is 2. The summed E-state index contributed by atoms with van der Waals surface area (Å²) in [6, 6.07) is 6.97. The van der Waals surface area contributed by atoms with E-state index in [1.54, 1.807) is 38.1 Å². The van der Waals surface area contributed by atoms with Gasteiger partial charge < -0.3 is 16.4 Å². The molecule has 0 spiro atoms. The Hall–Kier alpha value is -1.88. The Balaban J connectivity index is 2.78. The molecule has 0 radical (unpaired) electrons. The fourth-order valence-electron chi connectivity index (χ4n) is 1.52. The van der Waals surface area contributed by atoms with E-state index in [9.17, 15) is 9.59 Å². The van der Waals surface area contributed by atoms with Gasteiger partial charge in [-0.2, -0.15) is 0 Å². The highest BCUT2D eigenvalue weighted by Gasteiger charge is 2.28. The molecule has 0 aliphatic carbocycles. The number of amides is 2. The Morgan fingerprint density at radius 3 is 2.22 bits per heavy atom. The minimum absolute atomic E-state index is 0.241. The van der Waals surface area contributed by atoms with Crippen molar-refractivity contribution in [2.45, 2.75) is 25.9 Å². The van der Waals surface area contributed by atoms with E-state index >= 15 is 0 Å². The molecule has 98 valence electrons. The van der Waals surface area contributed by atoms with Crippen LogP contribution in [0.15, 0.2) is 24.3 Å². The number of hydrogen-bond acceptors (Lipinski definition) is 3. The standard InChI is InChI=1S/C13H19N3O2/c1-13(2,12(18)15-3)16-11(17)10-6-4-9(8-14)5-7-10/h4-7H,8,14H2,1-3H3,(H,15,18)(H,16,17). The maximum absolute atomic E-state index is 12.0. The van der Waals surface area contributed by atoms with Crippen molar-refractivity contribution in [2.24, 2.45) is 5.73 Å². The summed E-state index contributed by atoms with van der Waals surface area (Å²) in [4.78, 5) is 23.5. The van der Waals surface area contributed by atoms with Gasteiger partial charge in [-0.15, -0.1) is 0 Å². The van der Waals surface area contributed by atoms with Gasteiger partial charge in [0, 0.05) is 19.2 Å². The number of likely N-dealkylation sites (N-methyl/N-ethyl adjacent to an activating group) is 1. The highest BCUT2D eigenvalue weighted by Crippen LogP contribution is 2.07. The van der Waals surface area contributed by atoms with Crippen molar-refractivity contribution in [3.8, 4) is 0 Å². The third-order valence-corrected chi connectivity index (χ3v) is 2.67. The van der Waals surface area contributed by atoms with Gasteiger partial charge >= 0.3 is 0 Å². The van der Waals surface area contributed by atoms with E-state index in [-0.39, 0.29) is 11.8 Å². The normalized spacial score (nSPS) is 10.9. The van der Waals surface area contributed by atoms with Crippen molar-refractivity contribution in [1.82, 2.24) is 10.6 Å². The second kappa shape index (κ2) is 5.64. The molecule has 0 saturated carbocycles. The Kier molecular flexibility index (Phi) is 4.44. The largest absolute Gasteiger partial charge is 0.357 e. The van der Waals surface area contributed by atoms with Crippen molar-refractivity contribution in [2.75, 3.05) is 7.05 Å². The molecular formula is C13H19N3O2. The lowest BCUT2D eigenvalue weighted by molar-refractivity contribution is -0.125. The average Bonchev–Trinajstić information content (AvgIpc) is 2.37. The van der Waals surface area contributed by atoms with Crippen LogP contribution in [0.5, 0.6) is 0 Å². The smallest absolute Gasteiger partial charge is 0.252 e. The first-order chi connectivity index (χ1) is 8.40. The SMILES string of the molecule is CNC(=O)C(C)(C)NC(=O)c1ccc(CN)cc1. The summed E-state index contributed by atoms with van der Waals surface area (Å²) >= 11 is 0. The number of carbonyl (C=O) groups is 2. The number of rotatable bonds is 4. The van der Waals surface area contributed by atoms with Crippen molar-refractivity contribution in [1.29, 1.82) is 0 Å². The minimum Gasteiger partial charge on any atom is -0.357 e. The third-order valence-electron chi connectivity index (χ3n) is 2.67. The van der Waals surface area contributed by atoms with Gasteiger partial charge in [0.25, 0.3) is 5.91 Å². The molecule has 0 bridgehead atoms. The van der Waals surface area contributed by atoms with E-state index in [0.29, 0.717) is 12.1 Å². The molecule has 0 aliphatic rings. The summed E-state index contributed by atoms with van der Waals surface area (Å²) < 4.78 is 0. The zero-order chi connectivity index (χ0) is 13.8. The molecule has 18 heavy (non-hydrogen) atoms. The van der Waals surface area contributed by atoms with Crippen LogP contribution in [-0.4, -0.2) is 24.4 Å². The highest BCUT2D eigenvalue weighted by molar-refractivity contribution is 5.98. The summed E-state index contributed by atoms with van der Waals surface area (Å²) in [6.07, 6.45) is 0. The van der Waals surface area contributed by atoms with Gasteiger partial charge in [-0.25, -0.2) is 0 Å². The van der Waals surface area contributed by atoms with Crippen LogP contribution in [-0.2, 0) is 11.3 Å². The van der Waals surface area contributed by atoms with E-state index < -0.39 is 5.54 Å². The van der Waals surface area contributed by atoms with Gasteiger partial charge in [-0.05, 0) is 31.5 Å². The first kappa shape index (κ1) is 14.2. The summed E-state index contributed by atoms with van der Waals surface area (Å²) in [5, 5.41) is 5.19. The predicted molar refractivity (Wildman–Crippen MR) is 69.9 cm³/mol. The van der Waals surface area contributed by atoms with Crippen LogP contribution in [0.3, 0.4) is 0 Å². The molecule has 0 heterocycles. The quantitative estimate of drug-likeness (QED) is 0.722. The number of hydrogen-bond donors (Lipinski definition) is 3. The Bertz CT molecular complexity index is 438. The van der Waals surface area contributed by atoms with Gasteiger partial charge in [0.15, 0.2) is 0 Å². The van der Waals surface area contributed by atoms with E-state index in [2.05, 4.69) is 10.6 Å². The van der Waals surface area contributed by atoms with E-state index in [0.717, 1.165) is 5.56 Å². The molecule has 0 aromatic heterocycles. The lowest BCUT2D eigenvalue weighted by atomic mass is 10.0. The van der Waals surface area contributed by atoms with Crippen LogP contribution >= 0.6 is 0 Å². The van der Waals surface area contributed by atoms with Crippen molar-refractivity contribution < 1.29 is 9.59 Å². The summed E-state index contributed by atoms with van der Waals surface area (Å²) in [6.45, 7) is 3.74. The first-order valence-electron chi connectivity index (χ1n) is 5.74. The first-order valence-corrected chi connectivity index (χ1v) is 5.74. The van der Waals surface area contributed by atoms with Gasteiger partial charge in [0.05, 0.1) is 0 Å². The maximum atomic E-state index is 12.0. The zero-order valence-corrected chi connectivity index (χ0v) is 10.9. The fraction of sp³-hybridized carbons (Fsp3) is 0.385. The van der Waals surface area contributed by atoms with E-state index in [1.807, 2.05) is 0 Å². The monoisotopic (exact) mass is 249 g/mol. The topological polar surface area (TPSA) is 84.2 Å². The molecule has 0 unspecified atom stereocenters. The van der Waals surface area contributed by atoms with Crippen LogP contribution in [0, 0.1) is 0 Å². The van der Waals surface area contributed by atoms with Crippen LogP contribution in [0.4, 0.5) is 0 Å². The Morgan fingerprint density at radius 1 is 1.22 bits per heavy atom. The Morgan fingerprint density at radius 2 is 1.78 bits per heavy atom. The zero-order valence-electron chi connectivity index (χ0n) is 10.9. The predicted octanol–water partition coefficient (Wildman–Crippen LogP) is 0.400. The van der Waals surface area contributed by atoms with Crippen LogP contribution < -0.4 is 16.4 Å². The van der Waals surface area contributed by atoms with Gasteiger partial charge in [-0.3, -0.25) is 9.59 Å². The number of benzene rings is 1. The van der Waals surface area contributed by atoms with Gasteiger partial charge in [0.2, 0.25) is 5.91 Å². The molecule has 4 N–H and O–H groups in total. The molecule has 0 aliphatic heterocycles. The molecule has 5 heteroatoms. The summed E-state index contributed by atoms with van der Waals surface area (Å²) in [7, 11) is 1.53. The van der Waals surface area contributed by atoms with Crippen LogP contribution in [0.1, 0.15) is 29.8 Å². The van der Waals surface area contributed by atoms with Crippen LogP contribution in [0.25, 0.3) is 0 Å². The van der Waals surface area contributed by atoms with Crippen molar-refractivity contribution >= 4 is 11.8 Å². The Labute approximate surface area is 107 Å². The molecule has 0 fully saturated rings. The minimum atomic E-state index is -0.946. The molecular weight excluding hydrogens is 230 g/mol. The third kappa shape index (κ3) is 3.30. The second-order valence-electron chi connectivity index (χ2n) is 4.56. The fourth-order valence-corrected chi connectivity index (χ4v) is 1.52. The molecule has 1 aromatic rings. The van der Waals surface area contributed by atoms with Crippen molar-refractivity contribution in [3.05, 3.63) is 35.4 Å². The number of nitrogens with two attached hydrogens (primary N) is 1. The number of carbonyl (C=O) groups excluding carboxylic acids is 2. The van der Waals surface area contributed by atoms with Crippen molar-refractivity contribution in [3.63, 3.8) is 0 Å². The molecule has 1 aromatic carbocycles. The highest BCUT2D eigenvalue weighted by atomic mass is 16.2. The van der Waals surface area contributed by atoms with E-state index in [1.165, 1.54) is 7.05 Å². The molecule has 1 rings (SSSR count).